The second-order valence-electron chi connectivity index (χ2n) is 11.0. The van der Waals surface area contributed by atoms with Gasteiger partial charge in [0.25, 0.3) is 0 Å². The summed E-state index contributed by atoms with van der Waals surface area (Å²) in [6.45, 7) is 0. The van der Waals surface area contributed by atoms with Gasteiger partial charge >= 0.3 is 0 Å². The minimum absolute atomic E-state index is 1.16. The molecule has 2 aromatic heterocycles. The van der Waals surface area contributed by atoms with E-state index in [2.05, 4.69) is 167 Å². The van der Waals surface area contributed by atoms with Gasteiger partial charge in [0, 0.05) is 38.3 Å². The van der Waals surface area contributed by atoms with E-state index in [0.29, 0.717) is 0 Å². The smallest absolute Gasteiger partial charge is 0.0641 e. The molecule has 0 amide bonds. The largest absolute Gasteiger partial charge is 0.309 e. The molecule has 2 heteroatoms. The Morgan fingerprint density at radius 3 is 1.83 bits per heavy atom. The molecule has 196 valence electrons. The highest BCUT2D eigenvalue weighted by Crippen LogP contribution is 2.43. The first kappa shape index (κ1) is 23.1. The Labute approximate surface area is 243 Å². The Kier molecular flexibility index (Phi) is 4.93. The maximum atomic E-state index is 2.48. The molecule has 0 radical (unpaired) electrons. The fourth-order valence-electron chi connectivity index (χ4n) is 6.89. The third-order valence-corrected chi connectivity index (χ3v) is 8.67. The Morgan fingerprint density at radius 2 is 0.976 bits per heavy atom. The molecule has 2 nitrogen and oxygen atoms in total. The molecule has 0 bridgehead atoms. The van der Waals surface area contributed by atoms with Crippen molar-refractivity contribution in [3.05, 3.63) is 158 Å². The summed E-state index contributed by atoms with van der Waals surface area (Å²) in [5.74, 6) is 0. The van der Waals surface area contributed by atoms with Crippen molar-refractivity contribution in [2.75, 3.05) is 0 Å². The van der Waals surface area contributed by atoms with E-state index in [1.165, 1.54) is 71.2 Å². The predicted octanol–water partition coefficient (Wildman–Crippen LogP) is 10.7. The summed E-state index contributed by atoms with van der Waals surface area (Å²) in [6, 6.07) is 57.1. The number of benzene rings is 7. The summed E-state index contributed by atoms with van der Waals surface area (Å²) in [7, 11) is 0. The van der Waals surface area contributed by atoms with Gasteiger partial charge in [0.15, 0.2) is 0 Å². The SMILES string of the molecule is c1ccc(-c2cccc(-n3c4ccc5c6ccccc6n(-c6ccccc6)c5c4c4ccc5ccccc5c43)c2)cc1. The van der Waals surface area contributed by atoms with Gasteiger partial charge in [-0.1, -0.05) is 121 Å². The molecule has 9 rings (SSSR count). The van der Waals surface area contributed by atoms with Gasteiger partial charge in [-0.25, -0.2) is 0 Å². The Morgan fingerprint density at radius 1 is 0.333 bits per heavy atom. The molecule has 0 N–H and O–H groups in total. The summed E-state index contributed by atoms with van der Waals surface area (Å²) in [6.07, 6.45) is 0. The molecule has 0 aliphatic rings. The summed E-state index contributed by atoms with van der Waals surface area (Å²) in [5.41, 5.74) is 9.68. The van der Waals surface area contributed by atoms with Crippen LogP contribution in [0.1, 0.15) is 0 Å². The first-order chi connectivity index (χ1) is 20.9. The van der Waals surface area contributed by atoms with Crippen LogP contribution in [-0.2, 0) is 0 Å². The Bertz CT molecular complexity index is 2440. The zero-order chi connectivity index (χ0) is 27.6. The Hall–Kier alpha value is -5.60. The highest BCUT2D eigenvalue weighted by molar-refractivity contribution is 6.29. The first-order valence-corrected chi connectivity index (χ1v) is 14.5. The van der Waals surface area contributed by atoms with E-state index in [0.717, 1.165) is 5.69 Å². The van der Waals surface area contributed by atoms with Crippen molar-refractivity contribution in [1.82, 2.24) is 9.13 Å². The van der Waals surface area contributed by atoms with Gasteiger partial charge in [-0.2, -0.15) is 0 Å². The van der Waals surface area contributed by atoms with E-state index in [1.807, 2.05) is 0 Å². The minimum atomic E-state index is 1.16. The third kappa shape index (κ3) is 3.27. The van der Waals surface area contributed by atoms with E-state index >= 15 is 0 Å². The maximum absolute atomic E-state index is 2.48. The fourth-order valence-corrected chi connectivity index (χ4v) is 6.89. The standard InChI is InChI=1S/C40H26N2/c1-3-12-27(13-4-1)29-15-11-18-31(26-29)42-37-25-24-34-33-20-9-10-21-36(33)41(30-16-5-2-6-17-30)40(34)38(37)35-23-22-28-14-7-8-19-32(28)39(35)42/h1-26H. The molecular formula is C40H26N2. The topological polar surface area (TPSA) is 9.86 Å². The molecule has 42 heavy (non-hydrogen) atoms. The Balaban J connectivity index is 1.50. The molecule has 0 saturated heterocycles. The van der Waals surface area contributed by atoms with E-state index in [4.69, 9.17) is 0 Å². The number of fused-ring (bicyclic) bond motifs is 9. The van der Waals surface area contributed by atoms with Crippen molar-refractivity contribution in [1.29, 1.82) is 0 Å². The fraction of sp³-hybridized carbons (Fsp3) is 0. The number of para-hydroxylation sites is 2. The second kappa shape index (κ2) is 8.95. The van der Waals surface area contributed by atoms with Crippen LogP contribution in [0.25, 0.3) is 76.9 Å². The van der Waals surface area contributed by atoms with Crippen LogP contribution in [0.15, 0.2) is 158 Å². The van der Waals surface area contributed by atoms with E-state index in [9.17, 15) is 0 Å². The van der Waals surface area contributed by atoms with E-state index in [1.54, 1.807) is 0 Å². The summed E-state index contributed by atoms with van der Waals surface area (Å²) < 4.78 is 4.93. The van der Waals surface area contributed by atoms with Crippen molar-refractivity contribution in [2.24, 2.45) is 0 Å². The monoisotopic (exact) mass is 534 g/mol. The molecule has 0 saturated carbocycles. The van der Waals surface area contributed by atoms with Crippen LogP contribution < -0.4 is 0 Å². The second-order valence-corrected chi connectivity index (χ2v) is 11.0. The molecule has 0 aliphatic carbocycles. The number of hydrogen-bond acceptors (Lipinski definition) is 0. The average Bonchev–Trinajstić information content (AvgIpc) is 3.59. The third-order valence-electron chi connectivity index (χ3n) is 8.67. The highest BCUT2D eigenvalue weighted by Gasteiger charge is 2.22. The molecule has 0 unspecified atom stereocenters. The zero-order valence-electron chi connectivity index (χ0n) is 22.9. The predicted molar refractivity (Wildman–Crippen MR) is 178 cm³/mol. The number of hydrogen-bond donors (Lipinski definition) is 0. The molecule has 7 aromatic carbocycles. The molecule has 0 spiro atoms. The van der Waals surface area contributed by atoms with Gasteiger partial charge in [0.1, 0.15) is 0 Å². The highest BCUT2D eigenvalue weighted by atomic mass is 15.0. The lowest BCUT2D eigenvalue weighted by Gasteiger charge is -2.12. The van der Waals surface area contributed by atoms with Crippen LogP contribution in [0, 0.1) is 0 Å². The van der Waals surface area contributed by atoms with Gasteiger partial charge in [-0.05, 0) is 52.9 Å². The van der Waals surface area contributed by atoms with Crippen LogP contribution in [0.3, 0.4) is 0 Å². The number of nitrogens with zero attached hydrogens (tertiary/aromatic N) is 2. The number of rotatable bonds is 3. The van der Waals surface area contributed by atoms with Crippen molar-refractivity contribution in [3.8, 4) is 22.5 Å². The minimum Gasteiger partial charge on any atom is -0.309 e. The molecule has 0 aliphatic heterocycles. The summed E-state index contributed by atoms with van der Waals surface area (Å²) in [4.78, 5) is 0. The van der Waals surface area contributed by atoms with Gasteiger partial charge in [-0.15, -0.1) is 0 Å². The van der Waals surface area contributed by atoms with Crippen molar-refractivity contribution in [2.45, 2.75) is 0 Å². The normalized spacial score (nSPS) is 11.8. The van der Waals surface area contributed by atoms with Gasteiger partial charge in [-0.3, -0.25) is 0 Å². The molecule has 9 aromatic rings. The molecule has 2 heterocycles. The van der Waals surface area contributed by atoms with Crippen LogP contribution in [-0.4, -0.2) is 9.13 Å². The van der Waals surface area contributed by atoms with E-state index in [-0.39, 0.29) is 0 Å². The number of aromatic nitrogens is 2. The molecular weight excluding hydrogens is 508 g/mol. The van der Waals surface area contributed by atoms with Crippen molar-refractivity contribution >= 4 is 54.4 Å². The average molecular weight is 535 g/mol. The van der Waals surface area contributed by atoms with Crippen LogP contribution in [0.4, 0.5) is 0 Å². The summed E-state index contributed by atoms with van der Waals surface area (Å²) >= 11 is 0. The lowest BCUT2D eigenvalue weighted by atomic mass is 10.0. The van der Waals surface area contributed by atoms with E-state index < -0.39 is 0 Å². The van der Waals surface area contributed by atoms with Crippen LogP contribution in [0.5, 0.6) is 0 Å². The van der Waals surface area contributed by atoms with Gasteiger partial charge < -0.3 is 9.13 Å². The first-order valence-electron chi connectivity index (χ1n) is 14.5. The quantitative estimate of drug-likeness (QED) is 0.213. The lowest BCUT2D eigenvalue weighted by Crippen LogP contribution is -1.96. The van der Waals surface area contributed by atoms with Gasteiger partial charge in [0.05, 0.1) is 22.1 Å². The maximum Gasteiger partial charge on any atom is 0.0641 e. The summed E-state index contributed by atoms with van der Waals surface area (Å²) in [5, 5.41) is 7.58. The molecule has 0 fully saturated rings. The van der Waals surface area contributed by atoms with Gasteiger partial charge in [0.2, 0.25) is 0 Å². The van der Waals surface area contributed by atoms with Crippen molar-refractivity contribution < 1.29 is 0 Å². The van der Waals surface area contributed by atoms with Crippen LogP contribution in [0.2, 0.25) is 0 Å². The molecule has 0 atom stereocenters. The zero-order valence-corrected chi connectivity index (χ0v) is 22.9. The van der Waals surface area contributed by atoms with Crippen LogP contribution >= 0.6 is 0 Å². The lowest BCUT2D eigenvalue weighted by molar-refractivity contribution is 1.18. The van der Waals surface area contributed by atoms with Crippen molar-refractivity contribution in [3.63, 3.8) is 0 Å².